The molecule has 1 saturated carbocycles. The Morgan fingerprint density at radius 3 is 2.47 bits per heavy atom. The van der Waals surface area contributed by atoms with Crippen molar-refractivity contribution >= 4 is 11.9 Å². The van der Waals surface area contributed by atoms with Gasteiger partial charge in [0.2, 0.25) is 5.91 Å². The van der Waals surface area contributed by atoms with Crippen LogP contribution in [0.15, 0.2) is 30.3 Å². The summed E-state index contributed by atoms with van der Waals surface area (Å²) in [4.78, 5) is 22.4. The molecule has 0 aliphatic heterocycles. The van der Waals surface area contributed by atoms with Gasteiger partial charge in [-0.2, -0.15) is 0 Å². The number of carboxylic acids is 1. The summed E-state index contributed by atoms with van der Waals surface area (Å²) in [6.45, 7) is 1.89. The second kappa shape index (κ2) is 4.57. The van der Waals surface area contributed by atoms with Gasteiger partial charge in [-0.05, 0) is 18.9 Å². The minimum Gasteiger partial charge on any atom is -0.481 e. The first kappa shape index (κ1) is 11.6. The van der Waals surface area contributed by atoms with Gasteiger partial charge in [-0.25, -0.2) is 0 Å². The standard InChI is InChI=1S/C13H15NO3/c1-8(9-5-3-2-4-6-9)14-12(15)10-7-11(10)13(16)17/h2-6,8,10-11H,7H2,1H3,(H,14,15)(H,16,17)/t8-,10-,11+/m1/s1. The van der Waals surface area contributed by atoms with E-state index >= 15 is 0 Å². The maximum absolute atomic E-state index is 11.7. The van der Waals surface area contributed by atoms with Crippen LogP contribution in [0.25, 0.3) is 0 Å². The van der Waals surface area contributed by atoms with Crippen LogP contribution in [0.2, 0.25) is 0 Å². The normalized spacial score (nSPS) is 23.8. The highest BCUT2D eigenvalue weighted by Gasteiger charge is 2.48. The Morgan fingerprint density at radius 2 is 1.94 bits per heavy atom. The molecule has 0 aromatic heterocycles. The lowest BCUT2D eigenvalue weighted by atomic mass is 10.1. The Balaban J connectivity index is 1.90. The lowest BCUT2D eigenvalue weighted by Gasteiger charge is -2.13. The molecule has 0 heterocycles. The molecule has 4 nitrogen and oxygen atoms in total. The minimum atomic E-state index is -0.877. The van der Waals surface area contributed by atoms with Crippen molar-refractivity contribution in [2.24, 2.45) is 11.8 Å². The molecule has 1 aliphatic rings. The number of carbonyl (C=O) groups is 2. The average molecular weight is 233 g/mol. The molecule has 0 saturated heterocycles. The maximum atomic E-state index is 11.7. The summed E-state index contributed by atoms with van der Waals surface area (Å²) in [6, 6.07) is 9.53. The van der Waals surface area contributed by atoms with Gasteiger partial charge in [0.05, 0.1) is 17.9 Å². The number of hydrogen-bond acceptors (Lipinski definition) is 2. The molecule has 1 aromatic rings. The van der Waals surface area contributed by atoms with Crippen LogP contribution in [0, 0.1) is 11.8 Å². The number of carbonyl (C=O) groups excluding carboxylic acids is 1. The van der Waals surface area contributed by atoms with Crippen LogP contribution in [0.4, 0.5) is 0 Å². The molecular formula is C13H15NO3. The number of amides is 1. The predicted molar refractivity (Wildman–Crippen MR) is 62.2 cm³/mol. The second-order valence-corrected chi connectivity index (χ2v) is 4.43. The first-order valence-corrected chi connectivity index (χ1v) is 5.67. The van der Waals surface area contributed by atoms with Crippen LogP contribution < -0.4 is 5.32 Å². The first-order valence-electron chi connectivity index (χ1n) is 5.67. The van der Waals surface area contributed by atoms with E-state index in [-0.39, 0.29) is 17.9 Å². The third-order valence-corrected chi connectivity index (χ3v) is 3.10. The van der Waals surface area contributed by atoms with E-state index in [1.54, 1.807) is 0 Å². The fourth-order valence-electron chi connectivity index (χ4n) is 1.90. The van der Waals surface area contributed by atoms with Crippen LogP contribution in [0.3, 0.4) is 0 Å². The molecule has 1 amide bonds. The molecule has 2 N–H and O–H groups in total. The van der Waals surface area contributed by atoms with Crippen molar-refractivity contribution in [3.8, 4) is 0 Å². The largest absolute Gasteiger partial charge is 0.481 e. The van der Waals surface area contributed by atoms with Gasteiger partial charge in [0.25, 0.3) is 0 Å². The van der Waals surface area contributed by atoms with Gasteiger partial charge in [-0.1, -0.05) is 30.3 Å². The Kier molecular flexibility index (Phi) is 3.13. The summed E-state index contributed by atoms with van der Waals surface area (Å²) >= 11 is 0. The summed E-state index contributed by atoms with van der Waals surface area (Å²) < 4.78 is 0. The van der Waals surface area contributed by atoms with Gasteiger partial charge in [-0.3, -0.25) is 9.59 Å². The smallest absolute Gasteiger partial charge is 0.307 e. The van der Waals surface area contributed by atoms with Gasteiger partial charge in [0, 0.05) is 0 Å². The van der Waals surface area contributed by atoms with E-state index in [4.69, 9.17) is 5.11 Å². The third-order valence-electron chi connectivity index (χ3n) is 3.10. The molecule has 4 heteroatoms. The van der Waals surface area contributed by atoms with Crippen molar-refractivity contribution < 1.29 is 14.7 Å². The summed E-state index contributed by atoms with van der Waals surface area (Å²) in [5.74, 6) is -1.87. The molecule has 0 bridgehead atoms. The third kappa shape index (κ3) is 2.64. The van der Waals surface area contributed by atoms with Crippen molar-refractivity contribution in [1.29, 1.82) is 0 Å². The zero-order valence-electron chi connectivity index (χ0n) is 9.59. The molecule has 0 radical (unpaired) electrons. The lowest BCUT2D eigenvalue weighted by molar-refractivity contribution is -0.140. The predicted octanol–water partition coefficient (Wildman–Crippen LogP) is 1.58. The number of rotatable bonds is 4. The van der Waals surface area contributed by atoms with E-state index in [2.05, 4.69) is 5.32 Å². The first-order chi connectivity index (χ1) is 8.09. The van der Waals surface area contributed by atoms with Gasteiger partial charge in [0.15, 0.2) is 0 Å². The summed E-state index contributed by atoms with van der Waals surface area (Å²) in [7, 11) is 0. The van der Waals surface area contributed by atoms with Gasteiger partial charge in [-0.15, -0.1) is 0 Å². The summed E-state index contributed by atoms with van der Waals surface area (Å²) in [5, 5.41) is 11.6. The monoisotopic (exact) mass is 233 g/mol. The molecule has 2 rings (SSSR count). The maximum Gasteiger partial charge on any atom is 0.307 e. The van der Waals surface area contributed by atoms with Crippen LogP contribution >= 0.6 is 0 Å². The Labute approximate surface area is 99.6 Å². The van der Waals surface area contributed by atoms with E-state index in [9.17, 15) is 9.59 Å². The minimum absolute atomic E-state index is 0.0845. The van der Waals surface area contributed by atoms with E-state index in [0.717, 1.165) is 5.56 Å². The number of nitrogens with one attached hydrogen (secondary N) is 1. The van der Waals surface area contributed by atoms with Crippen LogP contribution in [-0.2, 0) is 9.59 Å². The molecule has 1 aromatic carbocycles. The Hall–Kier alpha value is -1.84. The Morgan fingerprint density at radius 1 is 1.29 bits per heavy atom. The number of aliphatic carboxylic acids is 1. The van der Waals surface area contributed by atoms with Crippen molar-refractivity contribution in [2.45, 2.75) is 19.4 Å². The molecule has 0 spiro atoms. The van der Waals surface area contributed by atoms with E-state index in [1.165, 1.54) is 0 Å². The number of benzene rings is 1. The topological polar surface area (TPSA) is 66.4 Å². The van der Waals surface area contributed by atoms with Crippen LogP contribution in [-0.4, -0.2) is 17.0 Å². The van der Waals surface area contributed by atoms with E-state index < -0.39 is 11.9 Å². The summed E-state index contributed by atoms with van der Waals surface area (Å²) in [5.41, 5.74) is 1.02. The molecule has 90 valence electrons. The van der Waals surface area contributed by atoms with Crippen LogP contribution in [0.5, 0.6) is 0 Å². The lowest BCUT2D eigenvalue weighted by Crippen LogP contribution is -2.29. The highest BCUT2D eigenvalue weighted by molar-refractivity contribution is 5.89. The van der Waals surface area contributed by atoms with Crippen molar-refractivity contribution in [3.05, 3.63) is 35.9 Å². The van der Waals surface area contributed by atoms with Gasteiger partial charge >= 0.3 is 5.97 Å². The zero-order valence-corrected chi connectivity index (χ0v) is 9.59. The second-order valence-electron chi connectivity index (χ2n) is 4.43. The van der Waals surface area contributed by atoms with Crippen molar-refractivity contribution in [3.63, 3.8) is 0 Å². The molecule has 3 atom stereocenters. The fraction of sp³-hybridized carbons (Fsp3) is 0.385. The average Bonchev–Trinajstić information content (AvgIpc) is 3.10. The van der Waals surface area contributed by atoms with E-state index in [0.29, 0.717) is 6.42 Å². The molecule has 0 unspecified atom stereocenters. The highest BCUT2D eigenvalue weighted by atomic mass is 16.4. The van der Waals surface area contributed by atoms with E-state index in [1.807, 2.05) is 37.3 Å². The highest BCUT2D eigenvalue weighted by Crippen LogP contribution is 2.39. The van der Waals surface area contributed by atoms with Gasteiger partial charge in [0.1, 0.15) is 0 Å². The van der Waals surface area contributed by atoms with Gasteiger partial charge < -0.3 is 10.4 Å². The fourth-order valence-corrected chi connectivity index (χ4v) is 1.90. The van der Waals surface area contributed by atoms with Crippen molar-refractivity contribution in [2.75, 3.05) is 0 Å². The molecule has 1 aliphatic carbocycles. The van der Waals surface area contributed by atoms with Crippen molar-refractivity contribution in [1.82, 2.24) is 5.32 Å². The SMILES string of the molecule is C[C@@H](NC(=O)[C@@H]1C[C@@H]1C(=O)O)c1ccccc1. The molecule has 17 heavy (non-hydrogen) atoms. The zero-order chi connectivity index (χ0) is 12.4. The number of hydrogen-bond donors (Lipinski definition) is 2. The molecule has 1 fully saturated rings. The summed E-state index contributed by atoms with van der Waals surface area (Å²) in [6.07, 6.45) is 0.461. The Bertz CT molecular complexity index is 430. The molecular weight excluding hydrogens is 218 g/mol. The number of carboxylic acid groups (broad SMARTS) is 1. The quantitative estimate of drug-likeness (QED) is 0.829. The van der Waals surface area contributed by atoms with Crippen LogP contribution in [0.1, 0.15) is 24.9 Å².